The van der Waals surface area contributed by atoms with Crippen LogP contribution < -0.4 is 0 Å². The Balaban J connectivity index is 2.11. The van der Waals surface area contributed by atoms with E-state index in [0.29, 0.717) is 50.5 Å². The standard InChI is InChI=1S/C20H34O4/c1-13(2)18(22)10-8-17(5)12-19(23)14(3)15(21)6-7-16(19,4)9-11-20(17,18)24/h13,15,21-24H,3,6-12H2,1-2,4-5H3/t15-,16-,17+,18+,19-,20-/m0/s1. The van der Waals surface area contributed by atoms with Gasteiger partial charge in [0.15, 0.2) is 0 Å². The number of aliphatic hydroxyl groups is 4. The van der Waals surface area contributed by atoms with Crippen molar-refractivity contribution in [1.82, 2.24) is 0 Å². The molecule has 0 bridgehead atoms. The lowest BCUT2D eigenvalue weighted by atomic mass is 9.57. The Labute approximate surface area is 145 Å². The summed E-state index contributed by atoms with van der Waals surface area (Å²) in [5.74, 6) is -0.0549. The van der Waals surface area contributed by atoms with Gasteiger partial charge in [-0.3, -0.25) is 0 Å². The van der Waals surface area contributed by atoms with Crippen LogP contribution >= 0.6 is 0 Å². The van der Waals surface area contributed by atoms with Crippen LogP contribution in [-0.2, 0) is 0 Å². The van der Waals surface area contributed by atoms with E-state index >= 15 is 0 Å². The predicted molar refractivity (Wildman–Crippen MR) is 93.4 cm³/mol. The van der Waals surface area contributed by atoms with Crippen molar-refractivity contribution in [3.8, 4) is 0 Å². The lowest BCUT2D eigenvalue weighted by Crippen LogP contribution is -2.60. The van der Waals surface area contributed by atoms with E-state index < -0.39 is 33.7 Å². The minimum absolute atomic E-state index is 0.0549. The second-order valence-corrected chi connectivity index (χ2v) is 9.68. The molecule has 4 heteroatoms. The van der Waals surface area contributed by atoms with Gasteiger partial charge < -0.3 is 20.4 Å². The van der Waals surface area contributed by atoms with Crippen LogP contribution in [0, 0.1) is 16.7 Å². The van der Waals surface area contributed by atoms with Crippen LogP contribution in [0.2, 0.25) is 0 Å². The highest BCUT2D eigenvalue weighted by atomic mass is 16.4. The van der Waals surface area contributed by atoms with Crippen molar-refractivity contribution < 1.29 is 20.4 Å². The number of hydrogen-bond acceptors (Lipinski definition) is 4. The fraction of sp³-hybridized carbons (Fsp3) is 0.900. The van der Waals surface area contributed by atoms with Gasteiger partial charge in [-0.15, -0.1) is 0 Å². The Kier molecular flexibility index (Phi) is 3.87. The Morgan fingerprint density at radius 1 is 0.958 bits per heavy atom. The van der Waals surface area contributed by atoms with E-state index in [0.717, 1.165) is 0 Å². The summed E-state index contributed by atoms with van der Waals surface area (Å²) in [5.41, 5.74) is -4.10. The lowest BCUT2D eigenvalue weighted by Gasteiger charge is -2.53. The molecule has 3 rings (SSSR count). The molecule has 0 aromatic heterocycles. The van der Waals surface area contributed by atoms with Gasteiger partial charge in [-0.05, 0) is 56.4 Å². The van der Waals surface area contributed by atoms with Gasteiger partial charge in [-0.25, -0.2) is 0 Å². The molecule has 3 fully saturated rings. The maximum absolute atomic E-state index is 11.7. The third kappa shape index (κ3) is 1.94. The van der Waals surface area contributed by atoms with Crippen molar-refractivity contribution in [3.05, 3.63) is 12.2 Å². The number of aliphatic hydroxyl groups excluding tert-OH is 1. The summed E-state index contributed by atoms with van der Waals surface area (Å²) >= 11 is 0. The molecule has 0 saturated heterocycles. The molecular formula is C20H34O4. The molecule has 0 heterocycles. The van der Waals surface area contributed by atoms with Crippen molar-refractivity contribution in [2.24, 2.45) is 16.7 Å². The monoisotopic (exact) mass is 338 g/mol. The molecule has 0 spiro atoms. The van der Waals surface area contributed by atoms with Crippen LogP contribution in [0.3, 0.4) is 0 Å². The maximum atomic E-state index is 11.7. The van der Waals surface area contributed by atoms with Crippen molar-refractivity contribution in [1.29, 1.82) is 0 Å². The van der Waals surface area contributed by atoms with Gasteiger partial charge >= 0.3 is 0 Å². The van der Waals surface area contributed by atoms with E-state index in [1.165, 1.54) is 0 Å². The van der Waals surface area contributed by atoms with Crippen molar-refractivity contribution >= 4 is 0 Å². The third-order valence-electron chi connectivity index (χ3n) is 8.31. The summed E-state index contributed by atoms with van der Waals surface area (Å²) < 4.78 is 0. The van der Waals surface area contributed by atoms with E-state index in [1.54, 1.807) is 0 Å². The Morgan fingerprint density at radius 2 is 1.54 bits per heavy atom. The lowest BCUT2D eigenvalue weighted by molar-refractivity contribution is -0.201. The topological polar surface area (TPSA) is 80.9 Å². The van der Waals surface area contributed by atoms with Crippen molar-refractivity contribution in [2.45, 2.75) is 95.5 Å². The van der Waals surface area contributed by atoms with Gasteiger partial charge in [0.25, 0.3) is 0 Å². The van der Waals surface area contributed by atoms with E-state index in [9.17, 15) is 20.4 Å². The highest BCUT2D eigenvalue weighted by Crippen LogP contribution is 2.67. The van der Waals surface area contributed by atoms with Crippen LogP contribution in [0.15, 0.2) is 12.2 Å². The fourth-order valence-electron chi connectivity index (χ4n) is 6.10. The van der Waals surface area contributed by atoms with Gasteiger partial charge in [-0.1, -0.05) is 34.3 Å². The van der Waals surface area contributed by atoms with E-state index in [-0.39, 0.29) is 5.92 Å². The zero-order valence-electron chi connectivity index (χ0n) is 15.6. The Hall–Kier alpha value is -0.420. The zero-order valence-corrected chi connectivity index (χ0v) is 15.6. The SMILES string of the molecule is C=C1[C@@H](O)CC[C@@]2(C)CC[C@]3(O)[C@](C)(CC[C@@]3(O)C(C)C)C[C@]12O. The first kappa shape index (κ1) is 18.4. The molecule has 24 heavy (non-hydrogen) atoms. The molecule has 4 nitrogen and oxygen atoms in total. The smallest absolute Gasteiger partial charge is 0.0990 e. The van der Waals surface area contributed by atoms with E-state index in [1.807, 2.05) is 27.7 Å². The molecule has 0 unspecified atom stereocenters. The predicted octanol–water partition coefficient (Wildman–Crippen LogP) is 2.54. The van der Waals surface area contributed by atoms with Gasteiger partial charge in [0, 0.05) is 10.8 Å². The van der Waals surface area contributed by atoms with Gasteiger partial charge in [0.2, 0.25) is 0 Å². The Morgan fingerprint density at radius 3 is 2.12 bits per heavy atom. The molecule has 0 aromatic carbocycles. The molecule has 3 aliphatic rings. The van der Waals surface area contributed by atoms with Crippen LogP contribution in [0.25, 0.3) is 0 Å². The zero-order chi connectivity index (χ0) is 18.2. The van der Waals surface area contributed by atoms with Crippen LogP contribution in [-0.4, -0.2) is 43.3 Å². The van der Waals surface area contributed by atoms with Gasteiger partial charge in [-0.2, -0.15) is 0 Å². The second-order valence-electron chi connectivity index (χ2n) is 9.68. The molecule has 138 valence electrons. The highest BCUT2D eigenvalue weighted by molar-refractivity contribution is 5.31. The first-order valence-electron chi connectivity index (χ1n) is 9.40. The average Bonchev–Trinajstić information content (AvgIpc) is 2.66. The maximum Gasteiger partial charge on any atom is 0.0990 e. The summed E-state index contributed by atoms with van der Waals surface area (Å²) in [4.78, 5) is 0. The summed E-state index contributed by atoms with van der Waals surface area (Å²) in [6, 6.07) is 0. The first-order chi connectivity index (χ1) is 10.9. The minimum Gasteiger partial charge on any atom is -0.389 e. The van der Waals surface area contributed by atoms with E-state index in [2.05, 4.69) is 6.58 Å². The minimum atomic E-state index is -1.23. The van der Waals surface area contributed by atoms with Crippen molar-refractivity contribution in [2.75, 3.05) is 0 Å². The van der Waals surface area contributed by atoms with Gasteiger partial charge in [0.05, 0.1) is 22.9 Å². The summed E-state index contributed by atoms with van der Waals surface area (Å²) in [6.07, 6.45) is 3.26. The fourth-order valence-corrected chi connectivity index (χ4v) is 6.10. The first-order valence-corrected chi connectivity index (χ1v) is 9.40. The number of hydrogen-bond donors (Lipinski definition) is 4. The third-order valence-corrected chi connectivity index (χ3v) is 8.31. The van der Waals surface area contributed by atoms with Crippen LogP contribution in [0.1, 0.15) is 72.6 Å². The molecule has 3 saturated carbocycles. The largest absolute Gasteiger partial charge is 0.389 e. The Bertz CT molecular complexity index is 560. The highest BCUT2D eigenvalue weighted by Gasteiger charge is 2.71. The average molecular weight is 338 g/mol. The van der Waals surface area contributed by atoms with Crippen LogP contribution in [0.5, 0.6) is 0 Å². The summed E-state index contributed by atoms with van der Waals surface area (Å²) in [6.45, 7) is 12.0. The molecule has 3 aliphatic carbocycles. The molecule has 4 N–H and O–H groups in total. The summed E-state index contributed by atoms with van der Waals surface area (Å²) in [7, 11) is 0. The number of rotatable bonds is 1. The molecule has 0 aromatic rings. The molecular weight excluding hydrogens is 304 g/mol. The second kappa shape index (κ2) is 5.06. The summed E-state index contributed by atoms with van der Waals surface area (Å²) in [5, 5.41) is 45.0. The van der Waals surface area contributed by atoms with E-state index in [4.69, 9.17) is 0 Å². The quantitative estimate of drug-likeness (QED) is 0.554. The van der Waals surface area contributed by atoms with Crippen molar-refractivity contribution in [3.63, 3.8) is 0 Å². The molecule has 0 amide bonds. The molecule has 0 radical (unpaired) electrons. The molecule has 0 aliphatic heterocycles. The van der Waals surface area contributed by atoms with Crippen LogP contribution in [0.4, 0.5) is 0 Å². The number of fused-ring (bicyclic) bond motifs is 2. The molecule has 6 atom stereocenters. The normalized spacial score (nSPS) is 55.2. The van der Waals surface area contributed by atoms with Gasteiger partial charge in [0.1, 0.15) is 0 Å².